The number of likely N-dealkylation sites (tertiary alicyclic amines) is 1. The Morgan fingerprint density at radius 3 is 2.31 bits per heavy atom. The van der Waals surface area contributed by atoms with Gasteiger partial charge in [0.25, 0.3) is 5.69 Å². The minimum atomic E-state index is -1.12. The highest BCUT2D eigenvalue weighted by Crippen LogP contribution is 2.20. The van der Waals surface area contributed by atoms with Gasteiger partial charge in [0, 0.05) is 31.1 Å². The molecule has 1 heterocycles. The van der Waals surface area contributed by atoms with Crippen molar-refractivity contribution in [2.75, 3.05) is 13.1 Å². The zero-order chi connectivity index (χ0) is 21.6. The van der Waals surface area contributed by atoms with Crippen molar-refractivity contribution in [3.05, 3.63) is 34.4 Å². The molecular weight excluding hydrogens is 384 g/mol. The van der Waals surface area contributed by atoms with Crippen LogP contribution in [-0.4, -0.2) is 46.6 Å². The maximum Gasteiger partial charge on any atom is 0.540 e. The second kappa shape index (κ2) is 9.22. The molecule has 11 heteroatoms. The van der Waals surface area contributed by atoms with E-state index in [0.29, 0.717) is 25.9 Å². The van der Waals surface area contributed by atoms with Gasteiger partial charge in [-0.15, -0.1) is 0 Å². The number of nitro benzene ring substituents is 1. The first-order chi connectivity index (χ1) is 13.5. The van der Waals surface area contributed by atoms with Crippen molar-refractivity contribution in [3.8, 4) is 5.75 Å². The van der Waals surface area contributed by atoms with Crippen LogP contribution in [-0.2, 0) is 9.57 Å². The van der Waals surface area contributed by atoms with Crippen LogP contribution < -0.4 is 10.5 Å². The average molecular weight is 408 g/mol. The molecule has 158 valence electrons. The highest BCUT2D eigenvalue weighted by Gasteiger charge is 2.28. The van der Waals surface area contributed by atoms with Gasteiger partial charge in [-0.25, -0.2) is 9.59 Å². The van der Waals surface area contributed by atoms with E-state index in [1.54, 1.807) is 25.7 Å². The second-order valence-electron chi connectivity index (χ2n) is 7.45. The van der Waals surface area contributed by atoms with E-state index in [4.69, 9.17) is 15.2 Å². The van der Waals surface area contributed by atoms with E-state index in [0.717, 1.165) is 0 Å². The van der Waals surface area contributed by atoms with Gasteiger partial charge in [0.1, 0.15) is 17.2 Å². The zero-order valence-electron chi connectivity index (χ0n) is 16.5. The molecule has 1 aliphatic rings. The molecule has 0 atom stereocenters. The van der Waals surface area contributed by atoms with Crippen molar-refractivity contribution in [3.63, 3.8) is 0 Å². The molecule has 29 heavy (non-hydrogen) atoms. The summed E-state index contributed by atoms with van der Waals surface area (Å²) in [6.45, 7) is 6.30. The molecule has 2 N–H and O–H groups in total. The van der Waals surface area contributed by atoms with Crippen molar-refractivity contribution in [2.24, 2.45) is 16.8 Å². The van der Waals surface area contributed by atoms with E-state index >= 15 is 0 Å². The lowest BCUT2D eigenvalue weighted by Gasteiger charge is -2.32. The first-order valence-corrected chi connectivity index (χ1v) is 9.00. The van der Waals surface area contributed by atoms with Crippen LogP contribution in [0.1, 0.15) is 33.6 Å². The number of non-ortho nitro benzene ring substituents is 1. The third-order valence-corrected chi connectivity index (χ3v) is 4.04. The number of piperidine rings is 1. The number of carbonyl (C=O) groups is 2. The summed E-state index contributed by atoms with van der Waals surface area (Å²) in [5, 5.41) is 14.2. The molecular formula is C18H24N4O7. The Labute approximate surface area is 167 Å². The molecule has 0 spiro atoms. The van der Waals surface area contributed by atoms with Gasteiger partial charge in [-0.1, -0.05) is 5.16 Å². The lowest BCUT2D eigenvalue weighted by atomic mass is 9.96. The van der Waals surface area contributed by atoms with Crippen LogP contribution in [0.15, 0.2) is 29.4 Å². The quantitative estimate of drug-likeness (QED) is 0.152. The summed E-state index contributed by atoms with van der Waals surface area (Å²) >= 11 is 0. The van der Waals surface area contributed by atoms with Crippen LogP contribution in [0.3, 0.4) is 0 Å². The highest BCUT2D eigenvalue weighted by atomic mass is 16.8. The summed E-state index contributed by atoms with van der Waals surface area (Å²) in [4.78, 5) is 40.0. The van der Waals surface area contributed by atoms with Gasteiger partial charge in [0.2, 0.25) is 0 Å². The number of benzene rings is 1. The summed E-state index contributed by atoms with van der Waals surface area (Å²) in [5.41, 5.74) is 5.18. The number of hydrogen-bond acceptors (Lipinski definition) is 8. The first kappa shape index (κ1) is 21.9. The van der Waals surface area contributed by atoms with Crippen molar-refractivity contribution >= 4 is 23.8 Å². The number of nitro groups is 1. The number of ether oxygens (including phenoxy) is 2. The summed E-state index contributed by atoms with van der Waals surface area (Å²) in [7, 11) is 0. The lowest BCUT2D eigenvalue weighted by Crippen LogP contribution is -2.44. The lowest BCUT2D eigenvalue weighted by molar-refractivity contribution is -0.384. The molecule has 1 fully saturated rings. The maximum atomic E-state index is 12.1. The van der Waals surface area contributed by atoms with Crippen molar-refractivity contribution in [1.82, 2.24) is 4.90 Å². The Morgan fingerprint density at radius 1 is 1.21 bits per heavy atom. The van der Waals surface area contributed by atoms with E-state index in [1.165, 1.54) is 24.3 Å². The first-order valence-electron chi connectivity index (χ1n) is 9.00. The normalized spacial score (nSPS) is 15.6. The number of nitrogens with zero attached hydrogens (tertiary/aromatic N) is 3. The van der Waals surface area contributed by atoms with Gasteiger partial charge in [0.05, 0.1) is 4.92 Å². The minimum absolute atomic E-state index is 0.0695. The van der Waals surface area contributed by atoms with Crippen LogP contribution in [0, 0.1) is 16.0 Å². The predicted octanol–water partition coefficient (Wildman–Crippen LogP) is 3.03. The summed E-state index contributed by atoms with van der Waals surface area (Å²) in [5.74, 6) is 0.0374. The molecule has 0 unspecified atom stereocenters. The molecule has 1 aromatic rings. The van der Waals surface area contributed by atoms with Gasteiger partial charge in [0.15, 0.2) is 0 Å². The standard InChI is InChI=1S/C18H24N4O7/c1-18(2,3)28-16(23)21-10-8-12(9-11-21)15(19)20-29-17(24)27-14-6-4-13(5-7-14)22(25)26/h4-7,12H,8-11H2,1-3H3,(H2,19,20). The van der Waals surface area contributed by atoms with Crippen LogP contribution in [0.25, 0.3) is 0 Å². The predicted molar refractivity (Wildman–Crippen MR) is 102 cm³/mol. The largest absolute Gasteiger partial charge is 0.540 e. The SMILES string of the molecule is CC(C)(C)OC(=O)N1CCC(/C(N)=N\OC(=O)Oc2ccc([N+](=O)[O-])cc2)CC1. The van der Waals surface area contributed by atoms with Gasteiger partial charge >= 0.3 is 12.2 Å². The molecule has 2 rings (SSSR count). The van der Waals surface area contributed by atoms with E-state index in [-0.39, 0.29) is 29.3 Å². The number of hydrogen-bond donors (Lipinski definition) is 1. The van der Waals surface area contributed by atoms with E-state index in [1.807, 2.05) is 0 Å². The Kier molecular flexibility index (Phi) is 6.97. The number of carbonyl (C=O) groups excluding carboxylic acids is 2. The fourth-order valence-electron chi connectivity index (χ4n) is 2.60. The topological polar surface area (TPSA) is 147 Å². The van der Waals surface area contributed by atoms with Gasteiger partial charge < -0.3 is 20.1 Å². The summed E-state index contributed by atoms with van der Waals surface area (Å²) in [6.07, 6.45) is -0.396. The Hall–Kier alpha value is -3.37. The smallest absolute Gasteiger partial charge is 0.444 e. The molecule has 0 bridgehead atoms. The Morgan fingerprint density at radius 2 is 1.79 bits per heavy atom. The van der Waals surface area contributed by atoms with Crippen LogP contribution in [0.5, 0.6) is 5.75 Å². The van der Waals surface area contributed by atoms with E-state index in [2.05, 4.69) is 9.99 Å². The summed E-state index contributed by atoms with van der Waals surface area (Å²) < 4.78 is 10.2. The maximum absolute atomic E-state index is 12.1. The molecule has 0 aliphatic carbocycles. The number of oxime groups is 1. The monoisotopic (exact) mass is 408 g/mol. The molecule has 1 saturated heterocycles. The Bertz CT molecular complexity index is 778. The van der Waals surface area contributed by atoms with Crippen molar-refractivity contribution in [2.45, 2.75) is 39.2 Å². The molecule has 1 amide bonds. The van der Waals surface area contributed by atoms with Crippen LogP contribution in [0.4, 0.5) is 15.3 Å². The minimum Gasteiger partial charge on any atom is -0.444 e. The molecule has 1 aliphatic heterocycles. The zero-order valence-corrected chi connectivity index (χ0v) is 16.5. The molecule has 11 nitrogen and oxygen atoms in total. The van der Waals surface area contributed by atoms with Gasteiger partial charge in [-0.2, -0.15) is 0 Å². The molecule has 0 aromatic heterocycles. The molecule has 1 aromatic carbocycles. The van der Waals surface area contributed by atoms with Crippen molar-refractivity contribution in [1.29, 1.82) is 0 Å². The number of amidine groups is 1. The number of amides is 1. The van der Waals surface area contributed by atoms with Crippen LogP contribution >= 0.6 is 0 Å². The van der Waals surface area contributed by atoms with Gasteiger partial charge in [-0.3, -0.25) is 15.0 Å². The molecule has 0 radical (unpaired) electrons. The fraction of sp³-hybridized carbons (Fsp3) is 0.500. The third kappa shape index (κ3) is 6.94. The highest BCUT2D eigenvalue weighted by molar-refractivity contribution is 5.83. The average Bonchev–Trinajstić information content (AvgIpc) is 2.65. The van der Waals surface area contributed by atoms with Crippen LogP contribution in [0.2, 0.25) is 0 Å². The fourth-order valence-corrected chi connectivity index (χ4v) is 2.60. The van der Waals surface area contributed by atoms with E-state index in [9.17, 15) is 19.7 Å². The number of rotatable bonds is 4. The summed E-state index contributed by atoms with van der Waals surface area (Å²) in [6, 6.07) is 4.91. The molecule has 0 saturated carbocycles. The van der Waals surface area contributed by atoms with E-state index < -0.39 is 16.7 Å². The Balaban J connectivity index is 1.80. The van der Waals surface area contributed by atoms with Crippen molar-refractivity contribution < 1.29 is 28.8 Å². The van der Waals surface area contributed by atoms with Gasteiger partial charge in [-0.05, 0) is 45.7 Å². The number of nitrogens with two attached hydrogens (primary N) is 1. The third-order valence-electron chi connectivity index (χ3n) is 4.04. The second-order valence-corrected chi connectivity index (χ2v) is 7.45.